The number of aryl methyl sites for hydroxylation is 1. The summed E-state index contributed by atoms with van der Waals surface area (Å²) in [6.07, 6.45) is 2.47. The van der Waals surface area contributed by atoms with Crippen molar-refractivity contribution in [3.8, 4) is 0 Å². The van der Waals surface area contributed by atoms with Gasteiger partial charge in [0.15, 0.2) is 12.3 Å². The first-order valence-corrected chi connectivity index (χ1v) is 5.61. The number of hydrogen-bond donors (Lipinski definition) is 1. The van der Waals surface area contributed by atoms with Gasteiger partial charge in [0.2, 0.25) is 0 Å². The van der Waals surface area contributed by atoms with Gasteiger partial charge < -0.3 is 19.5 Å². The number of ether oxygens (including phenoxy) is 1. The molecule has 0 amide bonds. The highest BCUT2D eigenvalue weighted by Crippen LogP contribution is 2.21. The maximum Gasteiger partial charge on any atom is 0.324 e. The lowest BCUT2D eigenvalue weighted by molar-refractivity contribution is -0.148. The van der Waals surface area contributed by atoms with Crippen molar-refractivity contribution in [2.45, 2.75) is 33.0 Å². The zero-order chi connectivity index (χ0) is 12.4. The molecule has 2 N–H and O–H groups in total. The molecule has 0 radical (unpaired) electrons. The van der Waals surface area contributed by atoms with Crippen molar-refractivity contribution >= 4 is 17.1 Å². The van der Waals surface area contributed by atoms with Gasteiger partial charge >= 0.3 is 5.97 Å². The molecule has 0 fully saturated rings. The molecule has 0 aliphatic carbocycles. The van der Waals surface area contributed by atoms with E-state index in [4.69, 9.17) is 14.9 Å². The fourth-order valence-corrected chi connectivity index (χ4v) is 1.73. The maximum atomic E-state index is 11.3. The molecule has 92 valence electrons. The molecule has 2 rings (SSSR count). The second-order valence-electron chi connectivity index (χ2n) is 3.97. The molecule has 0 bridgehead atoms. The van der Waals surface area contributed by atoms with Gasteiger partial charge in [-0.2, -0.15) is 0 Å². The topological polar surface area (TPSA) is 70.4 Å². The lowest BCUT2D eigenvalue weighted by atomic mass is 10.3. The number of carbonyl (C=O) groups excluding carboxylic acids is 1. The van der Waals surface area contributed by atoms with Crippen LogP contribution in [0.1, 0.15) is 19.5 Å². The summed E-state index contributed by atoms with van der Waals surface area (Å²) >= 11 is 0. The standard InChI is InChI=1S/C12H16N2O3/c1-3-9-6-11-10(4-5-16-11)14(9)7-17-12(15)8(2)13/h4-6,8H,3,7,13H2,1-2H3/t8-/m0/s1. The lowest BCUT2D eigenvalue weighted by Gasteiger charge is -2.11. The number of hydrogen-bond acceptors (Lipinski definition) is 4. The Labute approximate surface area is 99.1 Å². The molecular weight excluding hydrogens is 220 g/mol. The van der Waals surface area contributed by atoms with Crippen LogP contribution in [0.15, 0.2) is 22.8 Å². The van der Waals surface area contributed by atoms with Crippen LogP contribution in [0.3, 0.4) is 0 Å². The SMILES string of the molecule is CCc1cc2occc2n1COC(=O)[C@H](C)N. The van der Waals surface area contributed by atoms with Gasteiger partial charge in [-0.1, -0.05) is 6.92 Å². The molecule has 2 heterocycles. The monoisotopic (exact) mass is 236 g/mol. The zero-order valence-corrected chi connectivity index (χ0v) is 9.97. The van der Waals surface area contributed by atoms with Gasteiger partial charge in [0.05, 0.1) is 11.8 Å². The molecule has 5 nitrogen and oxygen atoms in total. The molecule has 0 unspecified atom stereocenters. The molecule has 0 spiro atoms. The molecule has 1 atom stereocenters. The Morgan fingerprint density at radius 2 is 2.41 bits per heavy atom. The van der Waals surface area contributed by atoms with Crippen molar-refractivity contribution in [2.24, 2.45) is 5.73 Å². The largest absolute Gasteiger partial charge is 0.463 e. The summed E-state index contributed by atoms with van der Waals surface area (Å²) in [6, 6.07) is 3.21. The third kappa shape index (κ3) is 2.19. The van der Waals surface area contributed by atoms with Crippen LogP contribution in [0.25, 0.3) is 11.1 Å². The minimum atomic E-state index is -0.601. The normalized spacial score (nSPS) is 12.9. The summed E-state index contributed by atoms with van der Waals surface area (Å²) in [5.74, 6) is -0.405. The lowest BCUT2D eigenvalue weighted by Crippen LogP contribution is -2.29. The van der Waals surface area contributed by atoms with Gasteiger partial charge in [-0.15, -0.1) is 0 Å². The van der Waals surface area contributed by atoms with Crippen LogP contribution in [-0.2, 0) is 22.7 Å². The van der Waals surface area contributed by atoms with E-state index in [1.54, 1.807) is 13.2 Å². The Kier molecular flexibility index (Phi) is 3.19. The fourth-order valence-electron chi connectivity index (χ4n) is 1.73. The fraction of sp³-hybridized carbons (Fsp3) is 0.417. The van der Waals surface area contributed by atoms with E-state index in [1.807, 2.05) is 23.6 Å². The minimum Gasteiger partial charge on any atom is -0.463 e. The van der Waals surface area contributed by atoms with Crippen LogP contribution in [0.2, 0.25) is 0 Å². The Hall–Kier alpha value is -1.75. The summed E-state index contributed by atoms with van der Waals surface area (Å²) in [5, 5.41) is 0. The van der Waals surface area contributed by atoms with Crippen molar-refractivity contribution in [1.82, 2.24) is 4.57 Å². The van der Waals surface area contributed by atoms with Gasteiger partial charge in [-0.05, 0) is 13.3 Å². The van der Waals surface area contributed by atoms with Crippen molar-refractivity contribution in [3.05, 3.63) is 24.1 Å². The van der Waals surface area contributed by atoms with Crippen LogP contribution in [0.5, 0.6) is 0 Å². The van der Waals surface area contributed by atoms with E-state index >= 15 is 0 Å². The molecule has 0 saturated heterocycles. The molecule has 0 aliphatic rings. The highest BCUT2D eigenvalue weighted by Gasteiger charge is 2.13. The predicted octanol–water partition coefficient (Wildman–Crippen LogP) is 1.64. The first-order valence-electron chi connectivity index (χ1n) is 5.61. The van der Waals surface area contributed by atoms with Gasteiger partial charge in [0, 0.05) is 17.8 Å². The quantitative estimate of drug-likeness (QED) is 0.819. The first-order chi connectivity index (χ1) is 8.13. The van der Waals surface area contributed by atoms with E-state index in [9.17, 15) is 4.79 Å². The highest BCUT2D eigenvalue weighted by molar-refractivity contribution is 5.76. The highest BCUT2D eigenvalue weighted by atomic mass is 16.5. The van der Waals surface area contributed by atoms with E-state index in [1.165, 1.54) is 0 Å². The van der Waals surface area contributed by atoms with E-state index in [2.05, 4.69) is 0 Å². The molecule has 5 heteroatoms. The van der Waals surface area contributed by atoms with Gasteiger partial charge in [-0.25, -0.2) is 0 Å². The molecule has 17 heavy (non-hydrogen) atoms. The van der Waals surface area contributed by atoms with E-state index in [0.717, 1.165) is 23.2 Å². The first kappa shape index (κ1) is 11.7. The molecule has 0 aliphatic heterocycles. The van der Waals surface area contributed by atoms with Crippen molar-refractivity contribution in [3.63, 3.8) is 0 Å². The van der Waals surface area contributed by atoms with Crippen molar-refractivity contribution in [2.75, 3.05) is 0 Å². The smallest absolute Gasteiger partial charge is 0.324 e. The van der Waals surface area contributed by atoms with E-state index in [-0.39, 0.29) is 6.73 Å². The van der Waals surface area contributed by atoms with E-state index < -0.39 is 12.0 Å². The third-order valence-electron chi connectivity index (χ3n) is 2.68. The van der Waals surface area contributed by atoms with Gasteiger partial charge in [0.1, 0.15) is 6.04 Å². The second kappa shape index (κ2) is 4.63. The van der Waals surface area contributed by atoms with Crippen LogP contribution in [-0.4, -0.2) is 16.6 Å². The summed E-state index contributed by atoms with van der Waals surface area (Å²) < 4.78 is 12.4. The second-order valence-corrected chi connectivity index (χ2v) is 3.97. The average Bonchev–Trinajstić information content (AvgIpc) is 2.85. The number of carbonyl (C=O) groups is 1. The average molecular weight is 236 g/mol. The van der Waals surface area contributed by atoms with Crippen molar-refractivity contribution in [1.29, 1.82) is 0 Å². The van der Waals surface area contributed by atoms with Crippen LogP contribution in [0, 0.1) is 0 Å². The van der Waals surface area contributed by atoms with Crippen LogP contribution in [0.4, 0.5) is 0 Å². The number of nitrogens with zero attached hydrogens (tertiary/aromatic N) is 1. The summed E-state index contributed by atoms with van der Waals surface area (Å²) in [6.45, 7) is 3.82. The van der Waals surface area contributed by atoms with Gasteiger partial charge in [-0.3, -0.25) is 4.79 Å². The Bertz CT molecular complexity index is 525. The molecular formula is C12H16N2O3. The molecule has 0 saturated carbocycles. The Morgan fingerprint density at radius 1 is 1.65 bits per heavy atom. The number of esters is 1. The predicted molar refractivity (Wildman–Crippen MR) is 63.3 cm³/mol. The third-order valence-corrected chi connectivity index (χ3v) is 2.68. The Balaban J connectivity index is 2.21. The number of nitrogens with two attached hydrogens (primary N) is 1. The number of fused-ring (bicyclic) bond motifs is 1. The Morgan fingerprint density at radius 3 is 3.06 bits per heavy atom. The minimum absolute atomic E-state index is 0.173. The summed E-state index contributed by atoms with van der Waals surface area (Å²) in [5.41, 5.74) is 8.24. The summed E-state index contributed by atoms with van der Waals surface area (Å²) in [7, 11) is 0. The summed E-state index contributed by atoms with van der Waals surface area (Å²) in [4.78, 5) is 11.3. The van der Waals surface area contributed by atoms with Crippen molar-refractivity contribution < 1.29 is 13.9 Å². The molecule has 2 aromatic rings. The zero-order valence-electron chi connectivity index (χ0n) is 9.97. The van der Waals surface area contributed by atoms with Gasteiger partial charge in [0.25, 0.3) is 0 Å². The number of aromatic nitrogens is 1. The van der Waals surface area contributed by atoms with Crippen LogP contribution >= 0.6 is 0 Å². The van der Waals surface area contributed by atoms with Crippen LogP contribution < -0.4 is 5.73 Å². The molecule has 0 aromatic carbocycles. The molecule has 2 aromatic heterocycles. The number of furan rings is 1. The number of rotatable bonds is 4. The van der Waals surface area contributed by atoms with E-state index in [0.29, 0.717) is 0 Å². The maximum absolute atomic E-state index is 11.3.